The molecule has 1 radical (unpaired) electrons. The minimum absolute atomic E-state index is 0.0332. The second-order valence-electron chi connectivity index (χ2n) is 11.8. The van der Waals surface area contributed by atoms with Crippen molar-refractivity contribution in [3.8, 4) is 5.75 Å². The summed E-state index contributed by atoms with van der Waals surface area (Å²) in [5.41, 5.74) is 0.207. The van der Waals surface area contributed by atoms with Crippen molar-refractivity contribution in [2.24, 2.45) is 0 Å². The van der Waals surface area contributed by atoms with Gasteiger partial charge >= 0.3 is 11.9 Å². The van der Waals surface area contributed by atoms with Gasteiger partial charge in [0.1, 0.15) is 25.0 Å². The lowest BCUT2D eigenvalue weighted by Gasteiger charge is -2.14. The van der Waals surface area contributed by atoms with E-state index >= 15 is 0 Å². The molecule has 52 heavy (non-hydrogen) atoms. The normalized spacial score (nSPS) is 11.4. The molecule has 0 aliphatic carbocycles. The Morgan fingerprint density at radius 2 is 1.25 bits per heavy atom. The molecule has 16 heteroatoms. The number of unbranched alkanes of at least 4 members (excludes halogenated alkanes) is 8. The fraction of sp³-hybridized carbons (Fsp3) is 0.667. The summed E-state index contributed by atoms with van der Waals surface area (Å²) in [5.74, 6) is -2.62. The van der Waals surface area contributed by atoms with Gasteiger partial charge in [-0.15, -0.1) is 0 Å². The Morgan fingerprint density at radius 1 is 0.654 bits per heavy atom. The highest BCUT2D eigenvalue weighted by atomic mass is 16.5. The lowest BCUT2D eigenvalue weighted by atomic mass is 10.1. The van der Waals surface area contributed by atoms with E-state index in [4.69, 9.17) is 28.8 Å². The van der Waals surface area contributed by atoms with Crippen molar-refractivity contribution in [3.63, 3.8) is 0 Å². The Labute approximate surface area is 305 Å². The molecule has 1 rings (SSSR count). The number of nitrogens with one attached hydrogen (secondary N) is 3. The molecule has 0 saturated heterocycles. The number of carbonyl (C=O) groups excluding carboxylic acids is 4. The highest BCUT2D eigenvalue weighted by molar-refractivity contribution is 5.88. The standard InChI is InChI=1S/C36H56N3O13/c40-18-22-50-24-23-48-21-17-38-34(43)28-51-26-25-49-20-16-37-32(41)15-14-31(36(46)47)39-33(42)13-8-6-4-2-1-3-5-7-9-19-52-30-12-10-11-29(27-30)35(44)45/h10-12,27,31H,1-9,13-17,19-26,28H2,(H,37,41)(H,38,43)(H,39,42)(H,44,45)(H,46,47)/t31-/m0/s1. The van der Waals surface area contributed by atoms with E-state index in [2.05, 4.69) is 16.0 Å². The maximum absolute atomic E-state index is 12.3. The number of carboxylic acids is 2. The molecular weight excluding hydrogens is 682 g/mol. The molecule has 1 aromatic carbocycles. The molecule has 0 bridgehead atoms. The van der Waals surface area contributed by atoms with Gasteiger partial charge in [0.15, 0.2) is 0 Å². The maximum atomic E-state index is 12.3. The third-order valence-electron chi connectivity index (χ3n) is 7.47. The molecule has 0 aromatic heterocycles. The molecule has 0 aliphatic rings. The number of benzene rings is 1. The topological polar surface area (TPSA) is 225 Å². The zero-order chi connectivity index (χ0) is 38.1. The van der Waals surface area contributed by atoms with Crippen LogP contribution in [-0.2, 0) is 42.9 Å². The van der Waals surface area contributed by atoms with Crippen molar-refractivity contribution < 1.29 is 62.7 Å². The molecule has 0 unspecified atom stereocenters. The van der Waals surface area contributed by atoms with E-state index in [0.717, 1.165) is 51.4 Å². The van der Waals surface area contributed by atoms with Crippen LogP contribution in [0.25, 0.3) is 0 Å². The molecule has 3 amide bonds. The molecule has 0 heterocycles. The molecule has 1 atom stereocenters. The van der Waals surface area contributed by atoms with Crippen LogP contribution in [0.1, 0.15) is 87.4 Å². The van der Waals surface area contributed by atoms with Crippen LogP contribution in [-0.4, -0.2) is 125 Å². The first-order chi connectivity index (χ1) is 25.2. The molecule has 0 spiro atoms. The lowest BCUT2D eigenvalue weighted by Crippen LogP contribution is -2.41. The van der Waals surface area contributed by atoms with Crippen LogP contribution in [0.3, 0.4) is 0 Å². The van der Waals surface area contributed by atoms with Gasteiger partial charge < -0.3 is 49.8 Å². The van der Waals surface area contributed by atoms with E-state index < -0.39 is 18.0 Å². The second-order valence-corrected chi connectivity index (χ2v) is 11.8. The molecule has 0 saturated carbocycles. The zero-order valence-corrected chi connectivity index (χ0v) is 30.0. The number of aromatic carboxylic acids is 1. The van der Waals surface area contributed by atoms with Crippen LogP contribution < -0.4 is 20.7 Å². The van der Waals surface area contributed by atoms with Gasteiger partial charge in [-0.1, -0.05) is 51.0 Å². The Morgan fingerprint density at radius 3 is 1.88 bits per heavy atom. The summed E-state index contributed by atoms with van der Waals surface area (Å²) in [6.45, 7) is 2.28. The Kier molecular flexibility index (Phi) is 27.9. The predicted octanol–water partition coefficient (Wildman–Crippen LogP) is 2.42. The number of hydrogen-bond donors (Lipinski definition) is 5. The molecule has 5 N–H and O–H groups in total. The summed E-state index contributed by atoms with van der Waals surface area (Å²) in [5, 5.41) is 26.3. The van der Waals surface area contributed by atoms with Crippen molar-refractivity contribution in [1.82, 2.24) is 16.0 Å². The molecule has 1 aromatic rings. The first-order valence-corrected chi connectivity index (χ1v) is 17.9. The number of aliphatic carboxylic acids is 1. The van der Waals surface area contributed by atoms with E-state index in [1.165, 1.54) is 12.1 Å². The third-order valence-corrected chi connectivity index (χ3v) is 7.47. The molecule has 0 aliphatic heterocycles. The number of carboxylic acid groups (broad SMARTS) is 2. The van der Waals surface area contributed by atoms with Crippen molar-refractivity contribution in [2.75, 3.05) is 72.6 Å². The Balaban J connectivity index is 1.96. The predicted molar refractivity (Wildman–Crippen MR) is 189 cm³/mol. The monoisotopic (exact) mass is 738 g/mol. The second kappa shape index (κ2) is 31.6. The molecular formula is C36H56N3O13. The zero-order valence-electron chi connectivity index (χ0n) is 30.0. The number of carbonyl (C=O) groups is 5. The quantitative estimate of drug-likeness (QED) is 0.0632. The minimum atomic E-state index is -1.19. The van der Waals surface area contributed by atoms with Crippen LogP contribution in [0.2, 0.25) is 0 Å². The van der Waals surface area contributed by atoms with E-state index in [1.54, 1.807) is 18.4 Å². The highest BCUT2D eigenvalue weighted by Crippen LogP contribution is 2.15. The fourth-order valence-electron chi connectivity index (χ4n) is 4.72. The number of amides is 3. The number of rotatable bonds is 35. The number of hydrogen-bond acceptors (Lipinski definition) is 11. The van der Waals surface area contributed by atoms with Gasteiger partial charge in [-0.2, -0.15) is 0 Å². The molecule has 293 valence electrons. The third kappa shape index (κ3) is 26.7. The van der Waals surface area contributed by atoms with Crippen molar-refractivity contribution in [3.05, 3.63) is 29.8 Å². The van der Waals surface area contributed by atoms with E-state index in [-0.39, 0.29) is 88.7 Å². The van der Waals surface area contributed by atoms with Gasteiger partial charge in [-0.25, -0.2) is 9.59 Å². The summed E-state index contributed by atoms with van der Waals surface area (Å²) < 4.78 is 26.3. The lowest BCUT2D eigenvalue weighted by molar-refractivity contribution is -0.142. The summed E-state index contributed by atoms with van der Waals surface area (Å²) >= 11 is 0. The maximum Gasteiger partial charge on any atom is 0.335 e. The van der Waals surface area contributed by atoms with Gasteiger partial charge in [-0.3, -0.25) is 19.2 Å². The summed E-state index contributed by atoms with van der Waals surface area (Å²) in [7, 11) is 0. The average molecular weight is 739 g/mol. The fourth-order valence-corrected chi connectivity index (χ4v) is 4.72. The van der Waals surface area contributed by atoms with Crippen molar-refractivity contribution in [1.29, 1.82) is 0 Å². The molecule has 16 nitrogen and oxygen atoms in total. The van der Waals surface area contributed by atoms with E-state index in [9.17, 15) is 33.9 Å². The smallest absolute Gasteiger partial charge is 0.335 e. The first-order valence-electron chi connectivity index (χ1n) is 17.9. The van der Waals surface area contributed by atoms with Gasteiger partial charge in [0.05, 0.1) is 51.8 Å². The summed E-state index contributed by atoms with van der Waals surface area (Å²) in [6.07, 6.45) is 10.5. The van der Waals surface area contributed by atoms with Gasteiger partial charge in [-0.05, 0) is 37.5 Å². The van der Waals surface area contributed by atoms with Crippen LogP contribution in [0.5, 0.6) is 5.75 Å². The van der Waals surface area contributed by atoms with E-state index in [1.807, 2.05) is 0 Å². The van der Waals surface area contributed by atoms with Crippen LogP contribution in [0.15, 0.2) is 24.3 Å². The van der Waals surface area contributed by atoms with E-state index in [0.29, 0.717) is 38.5 Å². The largest absolute Gasteiger partial charge is 0.494 e. The van der Waals surface area contributed by atoms with Gasteiger partial charge in [0.25, 0.3) is 0 Å². The average Bonchev–Trinajstić information content (AvgIpc) is 3.12. The Hall–Kier alpha value is -4.12. The molecule has 0 fully saturated rings. The van der Waals surface area contributed by atoms with Gasteiger partial charge in [0.2, 0.25) is 24.0 Å². The SMILES string of the molecule is O=[C]COCCOCCNC(=O)COCCOCCNC(=O)CC[C@H](NC(=O)CCCCCCCCCCCOc1cccc(C(=O)O)c1)C(=O)O. The van der Waals surface area contributed by atoms with Crippen LogP contribution in [0, 0.1) is 0 Å². The van der Waals surface area contributed by atoms with Crippen LogP contribution >= 0.6 is 0 Å². The van der Waals surface area contributed by atoms with Crippen molar-refractivity contribution >= 4 is 35.9 Å². The summed E-state index contributed by atoms with van der Waals surface area (Å²) in [4.78, 5) is 68.7. The van der Waals surface area contributed by atoms with Gasteiger partial charge in [0, 0.05) is 25.9 Å². The highest BCUT2D eigenvalue weighted by Gasteiger charge is 2.20. The Bertz CT molecular complexity index is 1170. The minimum Gasteiger partial charge on any atom is -0.494 e. The summed E-state index contributed by atoms with van der Waals surface area (Å²) in [6, 6.07) is 5.31. The van der Waals surface area contributed by atoms with Crippen molar-refractivity contribution in [2.45, 2.75) is 83.1 Å². The first kappa shape index (κ1) is 45.9. The number of ether oxygens (including phenoxy) is 5. The van der Waals surface area contributed by atoms with Crippen LogP contribution in [0.4, 0.5) is 0 Å².